The molecule has 184 valence electrons. The van der Waals surface area contributed by atoms with Crippen LogP contribution in [0.2, 0.25) is 0 Å². The second kappa shape index (κ2) is 7.67. The van der Waals surface area contributed by atoms with Crippen molar-refractivity contribution in [1.29, 1.82) is 0 Å². The topological polar surface area (TPSA) is 171 Å². The number of amides is 2. The summed E-state index contributed by atoms with van der Waals surface area (Å²) < 4.78 is 1.57. The summed E-state index contributed by atoms with van der Waals surface area (Å²) in [6.07, 6.45) is -1.07. The van der Waals surface area contributed by atoms with Gasteiger partial charge in [-0.25, -0.2) is 10.4 Å². The minimum absolute atomic E-state index is 0.00219. The third kappa shape index (κ3) is 2.82. The number of hydrogen-bond acceptors (Lipinski definition) is 8. The second-order valence-electron chi connectivity index (χ2n) is 8.92. The molecule has 3 aromatic carbocycles. The van der Waals surface area contributed by atoms with Crippen molar-refractivity contribution in [2.75, 3.05) is 13.2 Å². The van der Waals surface area contributed by atoms with Crippen LogP contribution in [0, 0.1) is 0 Å². The van der Waals surface area contributed by atoms with E-state index in [4.69, 9.17) is 0 Å². The quantitative estimate of drug-likeness (QED) is 0.183. The molecule has 2 aromatic heterocycles. The molecule has 3 heterocycles. The SMILES string of the molecule is CC(O)n1c2cc(O)ccc2c2c3c(c4c5ccc(O)cc5[nH]c4c21)C(=O)N(NC(CO)CO)C3=O. The lowest BCUT2D eigenvalue weighted by molar-refractivity contribution is 0.0458. The molecule has 0 aliphatic carbocycles. The zero-order valence-corrected chi connectivity index (χ0v) is 19.0. The van der Waals surface area contributed by atoms with E-state index in [1.165, 1.54) is 24.3 Å². The van der Waals surface area contributed by atoms with Crippen LogP contribution in [0.3, 0.4) is 0 Å². The molecule has 7 N–H and O–H groups in total. The molecule has 0 bridgehead atoms. The molecule has 0 spiro atoms. The smallest absolute Gasteiger partial charge is 0.276 e. The second-order valence-corrected chi connectivity index (χ2v) is 8.92. The predicted molar refractivity (Wildman–Crippen MR) is 131 cm³/mol. The number of benzene rings is 3. The van der Waals surface area contributed by atoms with E-state index in [2.05, 4.69) is 10.4 Å². The highest BCUT2D eigenvalue weighted by Gasteiger charge is 2.42. The summed E-state index contributed by atoms with van der Waals surface area (Å²) >= 11 is 0. The maximum Gasteiger partial charge on any atom is 0.276 e. The van der Waals surface area contributed by atoms with Crippen LogP contribution >= 0.6 is 0 Å². The number of hydrazine groups is 1. The number of rotatable bonds is 5. The number of H-pyrrole nitrogens is 1. The molecule has 1 atom stereocenters. The number of fused-ring (bicyclic) bond motifs is 10. The zero-order chi connectivity index (χ0) is 25.5. The van der Waals surface area contributed by atoms with Gasteiger partial charge in [0.1, 0.15) is 17.7 Å². The minimum Gasteiger partial charge on any atom is -0.508 e. The highest BCUT2D eigenvalue weighted by molar-refractivity contribution is 6.39. The van der Waals surface area contributed by atoms with Gasteiger partial charge in [0.15, 0.2) is 0 Å². The number of hydrogen-bond donors (Lipinski definition) is 7. The van der Waals surface area contributed by atoms with E-state index in [0.717, 1.165) is 5.01 Å². The number of nitrogens with zero attached hydrogens (tertiary/aromatic N) is 2. The van der Waals surface area contributed by atoms with Gasteiger partial charge in [0.2, 0.25) is 0 Å². The van der Waals surface area contributed by atoms with Crippen LogP contribution in [-0.4, -0.2) is 71.2 Å². The number of aromatic amines is 1. The van der Waals surface area contributed by atoms with Gasteiger partial charge in [0.25, 0.3) is 11.8 Å². The summed E-state index contributed by atoms with van der Waals surface area (Å²) in [6.45, 7) is 0.522. The number of phenols is 2. The molecule has 5 aromatic rings. The first-order valence-electron chi connectivity index (χ1n) is 11.3. The van der Waals surface area contributed by atoms with Crippen molar-refractivity contribution >= 4 is 55.4 Å². The van der Waals surface area contributed by atoms with Crippen LogP contribution in [0.15, 0.2) is 36.4 Å². The molecule has 11 heteroatoms. The minimum atomic E-state index is -1.07. The number of aliphatic hydroxyl groups excluding tert-OH is 3. The Kier molecular flexibility index (Phi) is 4.75. The van der Waals surface area contributed by atoms with Gasteiger partial charge < -0.3 is 35.1 Å². The van der Waals surface area contributed by atoms with Gasteiger partial charge in [-0.1, -0.05) is 0 Å². The Labute approximate surface area is 202 Å². The fourth-order valence-corrected chi connectivity index (χ4v) is 5.24. The molecule has 1 aliphatic rings. The van der Waals surface area contributed by atoms with Gasteiger partial charge in [-0.3, -0.25) is 9.59 Å². The lowest BCUT2D eigenvalue weighted by Gasteiger charge is -2.20. The Morgan fingerprint density at radius 1 is 0.917 bits per heavy atom. The number of aromatic nitrogens is 2. The van der Waals surface area contributed by atoms with Gasteiger partial charge in [-0.2, -0.15) is 0 Å². The highest BCUT2D eigenvalue weighted by atomic mass is 16.3. The predicted octanol–water partition coefficient (Wildman–Crippen LogP) is 1.80. The van der Waals surface area contributed by atoms with Crippen molar-refractivity contribution in [1.82, 2.24) is 20.0 Å². The van der Waals surface area contributed by atoms with Crippen LogP contribution in [0.5, 0.6) is 11.5 Å². The molecular weight excluding hydrogens is 468 g/mol. The maximum absolute atomic E-state index is 13.7. The summed E-state index contributed by atoms with van der Waals surface area (Å²) in [6, 6.07) is 8.20. The van der Waals surface area contributed by atoms with E-state index in [-0.39, 0.29) is 22.6 Å². The van der Waals surface area contributed by atoms with Crippen molar-refractivity contribution in [3.05, 3.63) is 47.5 Å². The molecule has 0 saturated carbocycles. The molecule has 0 fully saturated rings. The van der Waals surface area contributed by atoms with Crippen molar-refractivity contribution < 1.29 is 35.1 Å². The standard InChI is InChI=1S/C25H22N4O7/c1-10(32)28-17-7-13(34)3-5-15(17)19-21-20(24(35)29(25(21)36)27-11(8-30)9-31)18-14-4-2-12(33)6-16(14)26-22(18)23(19)28/h2-7,10-11,26-27,30-34H,8-9H2,1H3. The number of nitrogens with one attached hydrogen (secondary N) is 2. The van der Waals surface area contributed by atoms with Gasteiger partial charge in [-0.15, -0.1) is 0 Å². The van der Waals surface area contributed by atoms with Gasteiger partial charge in [-0.05, 0) is 31.2 Å². The first kappa shape index (κ1) is 22.3. The third-order valence-corrected chi connectivity index (χ3v) is 6.72. The van der Waals surface area contributed by atoms with Crippen molar-refractivity contribution in [2.45, 2.75) is 19.2 Å². The number of carbonyl (C=O) groups excluding carboxylic acids is 2. The zero-order valence-electron chi connectivity index (χ0n) is 19.0. The van der Waals surface area contributed by atoms with Gasteiger partial charge in [0.05, 0.1) is 52.4 Å². The van der Waals surface area contributed by atoms with E-state index in [1.807, 2.05) is 0 Å². The normalized spacial score (nSPS) is 14.9. The molecule has 1 unspecified atom stereocenters. The summed E-state index contributed by atoms with van der Waals surface area (Å²) in [4.78, 5) is 30.7. The lowest BCUT2D eigenvalue weighted by Crippen LogP contribution is -2.50. The third-order valence-electron chi connectivity index (χ3n) is 6.72. The number of carbonyl (C=O) groups is 2. The lowest BCUT2D eigenvalue weighted by atomic mass is 9.96. The monoisotopic (exact) mass is 490 g/mol. The molecular formula is C25H22N4O7. The summed E-state index contributed by atoms with van der Waals surface area (Å²) in [5, 5.41) is 52.8. The summed E-state index contributed by atoms with van der Waals surface area (Å²) in [5.41, 5.74) is 4.69. The Morgan fingerprint density at radius 2 is 1.53 bits per heavy atom. The van der Waals surface area contributed by atoms with E-state index < -0.39 is 37.3 Å². The highest BCUT2D eigenvalue weighted by Crippen LogP contribution is 2.46. The van der Waals surface area contributed by atoms with Crippen molar-refractivity contribution in [3.63, 3.8) is 0 Å². The van der Waals surface area contributed by atoms with Crippen molar-refractivity contribution in [2.24, 2.45) is 0 Å². The van der Waals surface area contributed by atoms with E-state index in [0.29, 0.717) is 43.6 Å². The Morgan fingerprint density at radius 3 is 2.17 bits per heavy atom. The number of phenolic OH excluding ortho intramolecular Hbond substituents is 2. The molecule has 11 nitrogen and oxygen atoms in total. The van der Waals surface area contributed by atoms with E-state index in [1.54, 1.807) is 23.6 Å². The van der Waals surface area contributed by atoms with Gasteiger partial charge in [0, 0.05) is 33.7 Å². The van der Waals surface area contributed by atoms with Crippen LogP contribution in [0.25, 0.3) is 43.6 Å². The molecule has 2 amide bonds. The van der Waals surface area contributed by atoms with Crippen LogP contribution in [0.4, 0.5) is 0 Å². The fourth-order valence-electron chi connectivity index (χ4n) is 5.24. The molecule has 36 heavy (non-hydrogen) atoms. The molecule has 6 rings (SSSR count). The van der Waals surface area contributed by atoms with Crippen LogP contribution < -0.4 is 5.43 Å². The molecule has 0 radical (unpaired) electrons. The van der Waals surface area contributed by atoms with E-state index in [9.17, 15) is 35.1 Å². The first-order chi connectivity index (χ1) is 17.3. The fraction of sp³-hybridized carbons (Fsp3) is 0.200. The van der Waals surface area contributed by atoms with Crippen molar-refractivity contribution in [3.8, 4) is 11.5 Å². The first-order valence-corrected chi connectivity index (χ1v) is 11.3. The maximum atomic E-state index is 13.7. The Balaban J connectivity index is 1.84. The van der Waals surface area contributed by atoms with Gasteiger partial charge >= 0.3 is 0 Å². The number of imide groups is 1. The number of aliphatic hydroxyl groups is 3. The Hall–Kier alpha value is -4.16. The Bertz CT molecular complexity index is 1750. The molecule has 1 aliphatic heterocycles. The van der Waals surface area contributed by atoms with E-state index >= 15 is 0 Å². The van der Waals surface area contributed by atoms with Crippen LogP contribution in [0.1, 0.15) is 33.9 Å². The average molecular weight is 490 g/mol. The average Bonchev–Trinajstić information content (AvgIpc) is 3.45. The number of aromatic hydroxyl groups is 2. The van der Waals surface area contributed by atoms with Crippen LogP contribution in [-0.2, 0) is 0 Å². The summed E-state index contributed by atoms with van der Waals surface area (Å²) in [5.74, 6) is -1.39. The molecule has 0 saturated heterocycles. The largest absolute Gasteiger partial charge is 0.508 e. The summed E-state index contributed by atoms with van der Waals surface area (Å²) in [7, 11) is 0.